The number of tetrazole rings is 1. The zero-order chi connectivity index (χ0) is 13.1. The first-order valence-electron chi connectivity index (χ1n) is 6.47. The molecule has 2 aromatic rings. The first-order valence-corrected chi connectivity index (χ1v) is 7.46. The Morgan fingerprint density at radius 3 is 3.11 bits per heavy atom. The lowest BCUT2D eigenvalue weighted by Gasteiger charge is -2.05. The summed E-state index contributed by atoms with van der Waals surface area (Å²) in [6.45, 7) is 2.94. The van der Waals surface area contributed by atoms with Crippen LogP contribution in [0.15, 0.2) is 23.4 Å². The molecule has 3 rings (SSSR count). The zero-order valence-corrected chi connectivity index (χ0v) is 11.6. The quantitative estimate of drug-likeness (QED) is 0.815. The summed E-state index contributed by atoms with van der Waals surface area (Å²) in [4.78, 5) is 4.54. The van der Waals surface area contributed by atoms with Gasteiger partial charge in [0.1, 0.15) is 5.82 Å². The Hall–Kier alpha value is -1.63. The Morgan fingerprint density at radius 2 is 2.32 bits per heavy atom. The Bertz CT molecular complexity index is 551. The van der Waals surface area contributed by atoms with E-state index in [9.17, 15) is 0 Å². The van der Waals surface area contributed by atoms with Crippen molar-refractivity contribution in [1.29, 1.82) is 0 Å². The van der Waals surface area contributed by atoms with Crippen LogP contribution in [0, 0.1) is 0 Å². The number of aromatic nitrogens is 5. The van der Waals surface area contributed by atoms with Crippen LogP contribution in [-0.2, 0) is 5.75 Å². The van der Waals surface area contributed by atoms with E-state index in [1.54, 1.807) is 11.8 Å². The van der Waals surface area contributed by atoms with Gasteiger partial charge in [-0.2, -0.15) is 0 Å². The SMILES string of the molecule is CCNc1cccc(CSc2nnnn2C2CC2)n1. The Labute approximate surface area is 116 Å². The van der Waals surface area contributed by atoms with Crippen molar-refractivity contribution in [2.45, 2.75) is 36.7 Å². The summed E-state index contributed by atoms with van der Waals surface area (Å²) in [7, 11) is 0. The van der Waals surface area contributed by atoms with Gasteiger partial charge in [-0.25, -0.2) is 9.67 Å². The maximum absolute atomic E-state index is 4.54. The second-order valence-corrected chi connectivity index (χ2v) is 5.41. The molecule has 0 saturated heterocycles. The van der Waals surface area contributed by atoms with Crippen molar-refractivity contribution >= 4 is 17.6 Å². The van der Waals surface area contributed by atoms with Gasteiger partial charge in [0, 0.05) is 12.3 Å². The lowest BCUT2D eigenvalue weighted by atomic mass is 10.4. The number of nitrogens with zero attached hydrogens (tertiary/aromatic N) is 5. The van der Waals surface area contributed by atoms with E-state index in [0.29, 0.717) is 6.04 Å². The largest absolute Gasteiger partial charge is 0.370 e. The minimum atomic E-state index is 0.513. The van der Waals surface area contributed by atoms with E-state index >= 15 is 0 Å². The zero-order valence-electron chi connectivity index (χ0n) is 10.8. The Morgan fingerprint density at radius 1 is 1.42 bits per heavy atom. The topological polar surface area (TPSA) is 68.5 Å². The van der Waals surface area contributed by atoms with Crippen LogP contribution in [0.4, 0.5) is 5.82 Å². The number of hydrogen-bond acceptors (Lipinski definition) is 6. The minimum Gasteiger partial charge on any atom is -0.370 e. The summed E-state index contributed by atoms with van der Waals surface area (Å²) in [6.07, 6.45) is 2.37. The molecular weight excluding hydrogens is 260 g/mol. The van der Waals surface area contributed by atoms with Gasteiger partial charge in [-0.05, 0) is 42.3 Å². The summed E-state index contributed by atoms with van der Waals surface area (Å²) in [5, 5.41) is 16.0. The van der Waals surface area contributed by atoms with Crippen LogP contribution < -0.4 is 5.32 Å². The van der Waals surface area contributed by atoms with Gasteiger partial charge in [-0.1, -0.05) is 17.8 Å². The summed E-state index contributed by atoms with van der Waals surface area (Å²) in [5.74, 6) is 1.70. The fourth-order valence-corrected chi connectivity index (χ4v) is 2.66. The Kier molecular flexibility index (Phi) is 3.63. The third kappa shape index (κ3) is 3.04. The van der Waals surface area contributed by atoms with Gasteiger partial charge >= 0.3 is 0 Å². The molecule has 1 aliphatic rings. The molecule has 0 atom stereocenters. The van der Waals surface area contributed by atoms with Gasteiger partial charge in [-0.3, -0.25) is 0 Å². The van der Waals surface area contributed by atoms with Crippen molar-refractivity contribution in [3.63, 3.8) is 0 Å². The third-order valence-corrected chi connectivity index (χ3v) is 3.84. The van der Waals surface area contributed by atoms with Crippen LogP contribution in [-0.4, -0.2) is 31.7 Å². The van der Waals surface area contributed by atoms with Crippen LogP contribution in [0.3, 0.4) is 0 Å². The first kappa shape index (κ1) is 12.4. The number of pyridine rings is 1. The smallest absolute Gasteiger partial charge is 0.209 e. The number of thioether (sulfide) groups is 1. The van der Waals surface area contributed by atoms with E-state index in [4.69, 9.17) is 0 Å². The molecule has 0 spiro atoms. The molecule has 1 aliphatic carbocycles. The second kappa shape index (κ2) is 5.56. The molecule has 19 heavy (non-hydrogen) atoms. The highest BCUT2D eigenvalue weighted by Crippen LogP contribution is 2.36. The van der Waals surface area contributed by atoms with Gasteiger partial charge in [0.25, 0.3) is 0 Å². The monoisotopic (exact) mass is 276 g/mol. The Balaban J connectivity index is 1.65. The maximum Gasteiger partial charge on any atom is 0.209 e. The molecule has 0 aromatic carbocycles. The van der Waals surface area contributed by atoms with Crippen LogP contribution in [0.25, 0.3) is 0 Å². The molecular formula is C12H16N6S. The van der Waals surface area contributed by atoms with Gasteiger partial charge in [0.2, 0.25) is 5.16 Å². The summed E-state index contributed by atoms with van der Waals surface area (Å²) in [5.41, 5.74) is 1.04. The highest BCUT2D eigenvalue weighted by molar-refractivity contribution is 7.98. The van der Waals surface area contributed by atoms with Gasteiger partial charge in [-0.15, -0.1) is 5.10 Å². The molecule has 1 saturated carbocycles. The average molecular weight is 276 g/mol. The first-order chi connectivity index (χ1) is 9.36. The van der Waals surface area contributed by atoms with E-state index in [0.717, 1.165) is 29.0 Å². The van der Waals surface area contributed by atoms with Crippen LogP contribution in [0.5, 0.6) is 0 Å². The number of nitrogens with one attached hydrogen (secondary N) is 1. The number of anilines is 1. The van der Waals surface area contributed by atoms with Gasteiger partial charge in [0.15, 0.2) is 0 Å². The molecule has 0 aliphatic heterocycles. The molecule has 0 amide bonds. The van der Waals surface area contributed by atoms with Crippen LogP contribution in [0.2, 0.25) is 0 Å². The van der Waals surface area contributed by atoms with E-state index in [-0.39, 0.29) is 0 Å². The highest BCUT2D eigenvalue weighted by Gasteiger charge is 2.27. The molecule has 6 nitrogen and oxygen atoms in total. The summed E-state index contributed by atoms with van der Waals surface area (Å²) >= 11 is 1.64. The molecule has 1 fully saturated rings. The summed E-state index contributed by atoms with van der Waals surface area (Å²) in [6, 6.07) is 6.54. The van der Waals surface area contributed by atoms with Crippen molar-refractivity contribution < 1.29 is 0 Å². The molecule has 100 valence electrons. The van der Waals surface area contributed by atoms with Crippen molar-refractivity contribution in [2.24, 2.45) is 0 Å². The molecule has 2 heterocycles. The van der Waals surface area contributed by atoms with E-state index < -0.39 is 0 Å². The normalized spacial score (nSPS) is 14.6. The minimum absolute atomic E-state index is 0.513. The van der Waals surface area contributed by atoms with E-state index in [1.165, 1.54) is 12.8 Å². The fraction of sp³-hybridized carbons (Fsp3) is 0.500. The van der Waals surface area contributed by atoms with Gasteiger partial charge in [0.05, 0.1) is 11.7 Å². The lowest BCUT2D eigenvalue weighted by Crippen LogP contribution is -2.01. The van der Waals surface area contributed by atoms with Crippen molar-refractivity contribution in [2.75, 3.05) is 11.9 Å². The molecule has 7 heteroatoms. The molecule has 0 radical (unpaired) electrons. The third-order valence-electron chi connectivity index (χ3n) is 2.87. The van der Waals surface area contributed by atoms with Crippen molar-refractivity contribution in [3.8, 4) is 0 Å². The number of rotatable bonds is 6. The predicted octanol–water partition coefficient (Wildman–Crippen LogP) is 2.13. The maximum atomic E-state index is 4.54. The standard InChI is InChI=1S/C12H16N6S/c1-2-13-11-5-3-4-9(14-11)8-19-12-15-16-17-18(12)10-6-7-10/h3-5,10H,2,6-8H2,1H3,(H,13,14). The van der Waals surface area contributed by atoms with Crippen LogP contribution in [0.1, 0.15) is 31.5 Å². The van der Waals surface area contributed by atoms with Crippen molar-refractivity contribution in [1.82, 2.24) is 25.2 Å². The summed E-state index contributed by atoms with van der Waals surface area (Å²) < 4.78 is 1.93. The number of hydrogen-bond donors (Lipinski definition) is 1. The van der Waals surface area contributed by atoms with Crippen molar-refractivity contribution in [3.05, 3.63) is 23.9 Å². The lowest BCUT2D eigenvalue weighted by molar-refractivity contribution is 0.565. The fourth-order valence-electron chi connectivity index (χ4n) is 1.81. The molecule has 2 aromatic heterocycles. The van der Waals surface area contributed by atoms with Gasteiger partial charge < -0.3 is 5.32 Å². The van der Waals surface area contributed by atoms with Crippen LogP contribution >= 0.6 is 11.8 Å². The van der Waals surface area contributed by atoms with E-state index in [1.807, 2.05) is 22.9 Å². The second-order valence-electron chi connectivity index (χ2n) is 4.47. The average Bonchev–Trinajstić information content (AvgIpc) is 3.16. The molecule has 0 bridgehead atoms. The molecule has 1 N–H and O–H groups in total. The van der Waals surface area contributed by atoms with E-state index in [2.05, 4.69) is 32.7 Å². The predicted molar refractivity (Wildman–Crippen MR) is 74.0 cm³/mol. The molecule has 0 unspecified atom stereocenters. The highest BCUT2D eigenvalue weighted by atomic mass is 32.2.